The average Bonchev–Trinajstić information content (AvgIpc) is 2.95. The lowest BCUT2D eigenvalue weighted by Gasteiger charge is -2.60. The molecule has 0 aromatic rings. The van der Waals surface area contributed by atoms with Gasteiger partial charge in [0.1, 0.15) is 18.4 Å². The van der Waals surface area contributed by atoms with Crippen LogP contribution in [0.5, 0.6) is 0 Å². The molecule has 4 aliphatic carbocycles. The van der Waals surface area contributed by atoms with Crippen LogP contribution in [0, 0.1) is 28.6 Å². The van der Waals surface area contributed by atoms with Gasteiger partial charge in [-0.25, -0.2) is 8.78 Å². The Balaban J connectivity index is 1.76. The third-order valence-electron chi connectivity index (χ3n) is 8.19. The standard InChI is InChI=1S/C21H26F2O3/c1-19-7-8-21(23)15(13(19)3-4-14(19)18(26)11-24)10-17(22)16-9-12(25)5-6-20(16,21)2/h5-6,9,13-15,17,24H,3-4,7-8,10-11H2,1-2H3/t13?,14?,15?,17-,19?,20?,21+/m0/s1. The van der Waals surface area contributed by atoms with Crippen LogP contribution < -0.4 is 0 Å². The van der Waals surface area contributed by atoms with Crippen molar-refractivity contribution in [2.24, 2.45) is 28.6 Å². The SMILES string of the molecule is CC12CC[C@@]3(F)C(C[C@H](F)C4=CC(=O)C=CC43C)C1CCC2C(=O)CO. The van der Waals surface area contributed by atoms with Crippen LogP contribution in [0.4, 0.5) is 8.78 Å². The molecule has 5 unspecified atom stereocenters. The Labute approximate surface area is 152 Å². The van der Waals surface area contributed by atoms with E-state index in [4.69, 9.17) is 0 Å². The second kappa shape index (κ2) is 5.57. The van der Waals surface area contributed by atoms with Crippen molar-refractivity contribution in [2.45, 2.75) is 57.8 Å². The topological polar surface area (TPSA) is 54.4 Å². The minimum absolute atomic E-state index is 0.0688. The van der Waals surface area contributed by atoms with E-state index >= 15 is 8.78 Å². The van der Waals surface area contributed by atoms with Crippen molar-refractivity contribution >= 4 is 11.6 Å². The quantitative estimate of drug-likeness (QED) is 0.816. The number of alkyl halides is 2. The van der Waals surface area contributed by atoms with Crippen LogP contribution in [0.15, 0.2) is 23.8 Å². The van der Waals surface area contributed by atoms with Crippen LogP contribution >= 0.6 is 0 Å². The minimum Gasteiger partial charge on any atom is -0.389 e. The van der Waals surface area contributed by atoms with Gasteiger partial charge in [-0.3, -0.25) is 9.59 Å². The molecule has 0 aromatic carbocycles. The molecule has 0 aromatic heterocycles. The van der Waals surface area contributed by atoms with Gasteiger partial charge in [0, 0.05) is 17.3 Å². The molecule has 0 saturated heterocycles. The number of carbonyl (C=O) groups is 2. The Hall–Kier alpha value is -1.36. The largest absolute Gasteiger partial charge is 0.389 e. The van der Waals surface area contributed by atoms with Crippen molar-refractivity contribution in [3.63, 3.8) is 0 Å². The van der Waals surface area contributed by atoms with Crippen LogP contribution in [-0.2, 0) is 9.59 Å². The maximum atomic E-state index is 16.6. The number of allylic oxidation sites excluding steroid dienone is 4. The number of aliphatic hydroxyl groups is 1. The van der Waals surface area contributed by atoms with E-state index in [0.717, 1.165) is 0 Å². The number of halogens is 2. The van der Waals surface area contributed by atoms with Crippen LogP contribution in [0.1, 0.15) is 46.0 Å². The fourth-order valence-electron chi connectivity index (χ4n) is 6.72. The summed E-state index contributed by atoms with van der Waals surface area (Å²) in [6, 6.07) is 0. The Morgan fingerprint density at radius 1 is 1.27 bits per heavy atom. The molecule has 7 atom stereocenters. The molecule has 4 rings (SSSR count). The number of fused-ring (bicyclic) bond motifs is 5. The van der Waals surface area contributed by atoms with E-state index in [1.165, 1.54) is 12.2 Å². The molecule has 0 spiro atoms. The summed E-state index contributed by atoms with van der Waals surface area (Å²) in [6.07, 6.45) is 5.06. The maximum absolute atomic E-state index is 16.6. The fraction of sp³-hybridized carbons (Fsp3) is 0.714. The Morgan fingerprint density at radius 3 is 2.69 bits per heavy atom. The van der Waals surface area contributed by atoms with E-state index in [1.54, 1.807) is 13.0 Å². The second-order valence-corrected chi connectivity index (χ2v) is 9.08. The van der Waals surface area contributed by atoms with Gasteiger partial charge in [0.05, 0.1) is 0 Å². The first-order chi connectivity index (χ1) is 12.2. The summed E-state index contributed by atoms with van der Waals surface area (Å²) in [5, 5.41) is 9.31. The van der Waals surface area contributed by atoms with E-state index in [2.05, 4.69) is 0 Å². The molecule has 0 amide bonds. The first-order valence-corrected chi connectivity index (χ1v) is 9.59. The van der Waals surface area contributed by atoms with Gasteiger partial charge in [-0.1, -0.05) is 13.0 Å². The summed E-state index contributed by atoms with van der Waals surface area (Å²) in [7, 11) is 0. The fourth-order valence-corrected chi connectivity index (χ4v) is 6.72. The van der Waals surface area contributed by atoms with Gasteiger partial charge in [0.25, 0.3) is 0 Å². The van der Waals surface area contributed by atoms with Crippen molar-refractivity contribution in [2.75, 3.05) is 6.61 Å². The summed E-state index contributed by atoms with van der Waals surface area (Å²) in [4.78, 5) is 24.0. The molecule has 0 bridgehead atoms. The van der Waals surface area contributed by atoms with Crippen LogP contribution in [0.3, 0.4) is 0 Å². The summed E-state index contributed by atoms with van der Waals surface area (Å²) < 4.78 is 31.6. The highest BCUT2D eigenvalue weighted by molar-refractivity contribution is 6.01. The predicted molar refractivity (Wildman–Crippen MR) is 92.8 cm³/mol. The average molecular weight is 364 g/mol. The Morgan fingerprint density at radius 2 is 2.00 bits per heavy atom. The van der Waals surface area contributed by atoms with Crippen molar-refractivity contribution in [3.05, 3.63) is 23.8 Å². The molecule has 3 saturated carbocycles. The van der Waals surface area contributed by atoms with Gasteiger partial charge < -0.3 is 5.11 Å². The monoisotopic (exact) mass is 364 g/mol. The first kappa shape index (κ1) is 18.0. The molecule has 1 N–H and O–H groups in total. The van der Waals surface area contributed by atoms with Gasteiger partial charge in [-0.15, -0.1) is 0 Å². The normalized spacial score (nSPS) is 49.9. The number of ketones is 2. The summed E-state index contributed by atoms with van der Waals surface area (Å²) in [6.45, 7) is 3.25. The second-order valence-electron chi connectivity index (χ2n) is 9.08. The van der Waals surface area contributed by atoms with Gasteiger partial charge in [-0.2, -0.15) is 0 Å². The van der Waals surface area contributed by atoms with Crippen LogP contribution in [0.2, 0.25) is 0 Å². The number of aliphatic hydroxyl groups excluding tert-OH is 1. The molecular weight excluding hydrogens is 338 g/mol. The molecule has 4 aliphatic rings. The molecule has 142 valence electrons. The Bertz CT molecular complexity index is 729. The van der Waals surface area contributed by atoms with Gasteiger partial charge >= 0.3 is 0 Å². The molecular formula is C21H26F2O3. The van der Waals surface area contributed by atoms with Crippen LogP contribution in [-0.4, -0.2) is 35.1 Å². The molecule has 0 heterocycles. The van der Waals surface area contributed by atoms with Crippen molar-refractivity contribution in [1.82, 2.24) is 0 Å². The summed E-state index contributed by atoms with van der Waals surface area (Å²) in [5.41, 5.74) is -2.83. The van der Waals surface area contributed by atoms with E-state index < -0.39 is 29.8 Å². The maximum Gasteiger partial charge on any atom is 0.178 e. The molecule has 3 nitrogen and oxygen atoms in total. The molecule has 0 radical (unpaired) electrons. The number of hydrogen-bond donors (Lipinski definition) is 1. The lowest BCUT2D eigenvalue weighted by Crippen LogP contribution is -2.62. The zero-order valence-corrected chi connectivity index (χ0v) is 15.3. The molecule has 26 heavy (non-hydrogen) atoms. The Kier molecular flexibility index (Phi) is 3.86. The van der Waals surface area contributed by atoms with Crippen molar-refractivity contribution in [1.29, 1.82) is 0 Å². The van der Waals surface area contributed by atoms with E-state index in [9.17, 15) is 14.7 Å². The number of carbonyl (C=O) groups excluding carboxylic acids is 2. The smallest absolute Gasteiger partial charge is 0.178 e. The highest BCUT2D eigenvalue weighted by atomic mass is 19.1. The van der Waals surface area contributed by atoms with E-state index in [1.807, 2.05) is 6.92 Å². The number of rotatable bonds is 2. The molecule has 5 heteroatoms. The number of Topliss-reactive ketones (excluding diaryl/α,β-unsaturated/α-hetero) is 1. The van der Waals surface area contributed by atoms with Gasteiger partial charge in [0.15, 0.2) is 11.6 Å². The minimum atomic E-state index is -1.61. The predicted octanol–water partition coefficient (Wildman–Crippen LogP) is 3.51. The van der Waals surface area contributed by atoms with Crippen molar-refractivity contribution in [3.8, 4) is 0 Å². The van der Waals surface area contributed by atoms with Gasteiger partial charge in [0.2, 0.25) is 0 Å². The van der Waals surface area contributed by atoms with Gasteiger partial charge in [-0.05, 0) is 68.1 Å². The lowest BCUT2D eigenvalue weighted by atomic mass is 9.45. The third-order valence-corrected chi connectivity index (χ3v) is 8.19. The highest BCUT2D eigenvalue weighted by Gasteiger charge is 2.68. The van der Waals surface area contributed by atoms with Crippen LogP contribution in [0.25, 0.3) is 0 Å². The summed E-state index contributed by atoms with van der Waals surface area (Å²) >= 11 is 0. The molecule has 3 fully saturated rings. The van der Waals surface area contributed by atoms with Crippen molar-refractivity contribution < 1.29 is 23.5 Å². The molecule has 0 aliphatic heterocycles. The first-order valence-electron chi connectivity index (χ1n) is 9.59. The highest BCUT2D eigenvalue weighted by Crippen LogP contribution is 2.69. The summed E-state index contributed by atoms with van der Waals surface area (Å²) in [5.74, 6) is -1.29. The zero-order valence-electron chi connectivity index (χ0n) is 15.3. The zero-order chi connectivity index (χ0) is 18.9. The van der Waals surface area contributed by atoms with E-state index in [-0.39, 0.29) is 47.2 Å². The number of hydrogen-bond acceptors (Lipinski definition) is 3. The lowest BCUT2D eigenvalue weighted by molar-refractivity contribution is -0.148. The van der Waals surface area contributed by atoms with E-state index in [0.29, 0.717) is 19.3 Å². The third kappa shape index (κ3) is 2.07.